The van der Waals surface area contributed by atoms with Gasteiger partial charge in [-0.3, -0.25) is 4.79 Å². The topological polar surface area (TPSA) is 26.3 Å². The summed E-state index contributed by atoms with van der Waals surface area (Å²) in [5.74, 6) is 3.77. The largest absolute Gasteiger partial charge is 0.469 e. The van der Waals surface area contributed by atoms with Crippen molar-refractivity contribution in [3.8, 4) is 0 Å². The Morgan fingerprint density at radius 3 is 2.74 bits per heavy atom. The molecule has 0 aromatic rings. The molecule has 0 aromatic carbocycles. The maximum absolute atomic E-state index is 14.2. The molecule has 152 valence electrons. The van der Waals surface area contributed by atoms with Crippen LogP contribution in [0.25, 0.3) is 0 Å². The van der Waals surface area contributed by atoms with Crippen molar-refractivity contribution in [3.05, 3.63) is 11.9 Å². The van der Waals surface area contributed by atoms with E-state index in [4.69, 9.17) is 4.74 Å². The Balaban J connectivity index is 1.48. The van der Waals surface area contributed by atoms with Gasteiger partial charge in [-0.15, -0.1) is 0 Å². The number of esters is 1. The number of carbonyl (C=O) groups is 1. The number of hydrogen-bond donors (Lipinski definition) is 0. The van der Waals surface area contributed by atoms with Gasteiger partial charge in [0.15, 0.2) is 0 Å². The van der Waals surface area contributed by atoms with Crippen LogP contribution >= 0.6 is 0 Å². The van der Waals surface area contributed by atoms with Crippen molar-refractivity contribution in [3.63, 3.8) is 0 Å². The van der Waals surface area contributed by atoms with Crippen LogP contribution in [0.1, 0.15) is 84.5 Å². The first kappa shape index (κ1) is 19.5. The van der Waals surface area contributed by atoms with Gasteiger partial charge in [-0.1, -0.05) is 13.8 Å². The maximum Gasteiger partial charge on any atom is 0.305 e. The molecule has 3 saturated carbocycles. The molecule has 0 radical (unpaired) electrons. The minimum Gasteiger partial charge on any atom is -0.469 e. The molecule has 0 amide bonds. The monoisotopic (exact) mass is 376 g/mol. The Labute approximate surface area is 164 Å². The highest BCUT2D eigenvalue weighted by Crippen LogP contribution is 2.67. The summed E-state index contributed by atoms with van der Waals surface area (Å²) in [5.41, 5.74) is 0.521. The molecule has 4 rings (SSSR count). The fraction of sp³-hybridized carbons (Fsp3) is 0.875. The van der Waals surface area contributed by atoms with Crippen molar-refractivity contribution in [1.82, 2.24) is 0 Å². The molecule has 7 atom stereocenters. The molecule has 4 aliphatic carbocycles. The van der Waals surface area contributed by atoms with E-state index in [-0.39, 0.29) is 17.2 Å². The zero-order chi connectivity index (χ0) is 19.2. The number of hydrogen-bond acceptors (Lipinski definition) is 2. The van der Waals surface area contributed by atoms with Gasteiger partial charge in [0.2, 0.25) is 0 Å². The fourth-order valence-corrected chi connectivity index (χ4v) is 8.05. The zero-order valence-electron chi connectivity index (χ0n) is 17.4. The van der Waals surface area contributed by atoms with Crippen molar-refractivity contribution < 1.29 is 13.9 Å². The van der Waals surface area contributed by atoms with Crippen LogP contribution in [0.3, 0.4) is 0 Å². The quantitative estimate of drug-likeness (QED) is 0.527. The molecule has 3 heteroatoms. The molecule has 3 fully saturated rings. The molecule has 6 unspecified atom stereocenters. The molecule has 4 aliphatic rings. The van der Waals surface area contributed by atoms with Crippen LogP contribution in [-0.4, -0.2) is 13.1 Å². The van der Waals surface area contributed by atoms with Crippen LogP contribution in [0, 0.1) is 40.4 Å². The summed E-state index contributed by atoms with van der Waals surface area (Å²) < 4.78 is 19.0. The van der Waals surface area contributed by atoms with Gasteiger partial charge >= 0.3 is 5.97 Å². The maximum atomic E-state index is 14.2. The molecular formula is C24H37FO2. The van der Waals surface area contributed by atoms with E-state index in [9.17, 15) is 9.18 Å². The average molecular weight is 377 g/mol. The van der Waals surface area contributed by atoms with E-state index in [1.807, 2.05) is 6.08 Å². The highest BCUT2D eigenvalue weighted by Gasteiger charge is 2.59. The van der Waals surface area contributed by atoms with E-state index in [0.29, 0.717) is 30.1 Å². The zero-order valence-corrected chi connectivity index (χ0v) is 17.4. The molecule has 0 aromatic heterocycles. The lowest BCUT2D eigenvalue weighted by Crippen LogP contribution is -2.51. The summed E-state index contributed by atoms with van der Waals surface area (Å²) >= 11 is 0. The normalized spacial score (nSPS) is 46.1. The standard InChI is InChI=1S/C24H37FO2/c1-23-14-13-21-19(11-8-17-7-10-18(25)15-24(17,21)2)20(23)12-9-16(23)5-4-6-22(26)27-3/h15-17,19-21H,4-14H2,1-3H3/t16?,17?,19?,20?,21?,23-,24?/m1/s1. The van der Waals surface area contributed by atoms with Crippen LogP contribution in [0.15, 0.2) is 11.9 Å². The van der Waals surface area contributed by atoms with E-state index in [2.05, 4.69) is 13.8 Å². The smallest absolute Gasteiger partial charge is 0.305 e. The molecule has 27 heavy (non-hydrogen) atoms. The van der Waals surface area contributed by atoms with Gasteiger partial charge in [0.1, 0.15) is 0 Å². The van der Waals surface area contributed by atoms with Gasteiger partial charge in [-0.2, -0.15) is 0 Å². The predicted octanol–water partition coefficient (Wildman–Crippen LogP) is 6.45. The third-order valence-electron chi connectivity index (χ3n) is 9.52. The minimum atomic E-state index is -0.0734. The van der Waals surface area contributed by atoms with Gasteiger partial charge in [-0.25, -0.2) is 4.39 Å². The second-order valence-electron chi connectivity index (χ2n) is 10.4. The van der Waals surface area contributed by atoms with Gasteiger partial charge in [-0.05, 0) is 111 Å². The number of methoxy groups -OCH3 is 1. The highest BCUT2D eigenvalue weighted by atomic mass is 19.1. The first-order valence-electron chi connectivity index (χ1n) is 11.3. The van der Waals surface area contributed by atoms with Gasteiger partial charge in [0, 0.05) is 6.42 Å². The van der Waals surface area contributed by atoms with Crippen molar-refractivity contribution in [2.75, 3.05) is 7.11 Å². The number of rotatable bonds is 4. The number of ether oxygens (including phenoxy) is 1. The number of fused-ring (bicyclic) bond motifs is 5. The summed E-state index contributed by atoms with van der Waals surface area (Å²) in [5, 5.41) is 0. The first-order valence-corrected chi connectivity index (χ1v) is 11.3. The Bertz CT molecular complexity index is 614. The molecule has 2 nitrogen and oxygen atoms in total. The summed E-state index contributed by atoms with van der Waals surface area (Å²) in [6.45, 7) is 4.91. The molecule has 0 bridgehead atoms. The van der Waals surface area contributed by atoms with E-state index < -0.39 is 0 Å². The summed E-state index contributed by atoms with van der Waals surface area (Å²) in [6, 6.07) is 0. The van der Waals surface area contributed by atoms with Crippen molar-refractivity contribution in [2.24, 2.45) is 40.4 Å². The lowest BCUT2D eigenvalue weighted by Gasteiger charge is -2.59. The molecule has 0 spiro atoms. The van der Waals surface area contributed by atoms with E-state index in [0.717, 1.165) is 37.0 Å². The Kier molecular flexibility index (Phi) is 5.18. The van der Waals surface area contributed by atoms with Crippen LogP contribution in [0.4, 0.5) is 4.39 Å². The molecule has 0 aliphatic heterocycles. The predicted molar refractivity (Wildman–Crippen MR) is 106 cm³/mol. The minimum absolute atomic E-state index is 0.0734. The third-order valence-corrected chi connectivity index (χ3v) is 9.52. The third kappa shape index (κ3) is 3.17. The summed E-state index contributed by atoms with van der Waals surface area (Å²) in [4.78, 5) is 11.5. The Morgan fingerprint density at radius 1 is 1.15 bits per heavy atom. The van der Waals surface area contributed by atoms with E-state index in [1.54, 1.807) is 0 Å². The van der Waals surface area contributed by atoms with Gasteiger partial charge < -0.3 is 4.74 Å². The van der Waals surface area contributed by atoms with Gasteiger partial charge in [0.25, 0.3) is 0 Å². The van der Waals surface area contributed by atoms with E-state index in [1.165, 1.54) is 45.6 Å². The average Bonchev–Trinajstić information content (AvgIpc) is 2.97. The molecule has 0 saturated heterocycles. The summed E-state index contributed by atoms with van der Waals surface area (Å²) in [7, 11) is 1.48. The SMILES string of the molecule is COC(=O)CCCC1CCC2C3CCC4CCC(F)=CC4(C)C3CC[C@]12C. The van der Waals surface area contributed by atoms with Crippen LogP contribution in [0.5, 0.6) is 0 Å². The molecular weight excluding hydrogens is 339 g/mol. The highest BCUT2D eigenvalue weighted by molar-refractivity contribution is 5.68. The van der Waals surface area contributed by atoms with Crippen LogP contribution in [-0.2, 0) is 9.53 Å². The first-order chi connectivity index (χ1) is 12.9. The number of allylic oxidation sites excluding steroid dienone is 2. The van der Waals surface area contributed by atoms with Crippen molar-refractivity contribution in [1.29, 1.82) is 0 Å². The number of carbonyl (C=O) groups excluding carboxylic acids is 1. The molecule has 0 N–H and O–H groups in total. The van der Waals surface area contributed by atoms with Crippen molar-refractivity contribution in [2.45, 2.75) is 84.5 Å². The number of halogens is 1. The van der Waals surface area contributed by atoms with Crippen LogP contribution in [0.2, 0.25) is 0 Å². The lowest BCUT2D eigenvalue weighted by atomic mass is 9.46. The van der Waals surface area contributed by atoms with E-state index >= 15 is 0 Å². The fourth-order valence-electron chi connectivity index (χ4n) is 8.05. The summed E-state index contributed by atoms with van der Waals surface area (Å²) in [6.07, 6.45) is 14.3. The lowest BCUT2D eigenvalue weighted by molar-refractivity contribution is -0.140. The second kappa shape index (κ2) is 7.19. The molecule has 0 heterocycles. The van der Waals surface area contributed by atoms with Crippen molar-refractivity contribution >= 4 is 5.97 Å². The Morgan fingerprint density at radius 2 is 1.96 bits per heavy atom. The Hall–Kier alpha value is -0.860. The van der Waals surface area contributed by atoms with Crippen LogP contribution < -0.4 is 0 Å². The van der Waals surface area contributed by atoms with Gasteiger partial charge in [0.05, 0.1) is 12.9 Å². The second-order valence-corrected chi connectivity index (χ2v) is 10.4.